The van der Waals surface area contributed by atoms with Gasteiger partial charge in [-0.05, 0) is 12.8 Å². The van der Waals surface area contributed by atoms with Gasteiger partial charge in [0.1, 0.15) is 0 Å². The largest absolute Gasteiger partial charge is 0.476 e. The average Bonchev–Trinajstić information content (AvgIpc) is 2.40. The molecule has 2 heterocycles. The molecule has 1 saturated heterocycles. The molecule has 1 aromatic heterocycles. The van der Waals surface area contributed by atoms with Gasteiger partial charge in [0.25, 0.3) is 0 Å². The van der Waals surface area contributed by atoms with Gasteiger partial charge in [0.15, 0.2) is 11.5 Å². The topological polar surface area (TPSA) is 92.6 Å². The van der Waals surface area contributed by atoms with E-state index in [-0.39, 0.29) is 17.6 Å². The number of carbonyl (C=O) groups is 2. The molecule has 0 aromatic carbocycles. The third-order valence-electron chi connectivity index (χ3n) is 3.00. The Morgan fingerprint density at radius 1 is 1.32 bits per heavy atom. The molecule has 1 aliphatic rings. The normalized spacial score (nSPS) is 16.1. The Balaban J connectivity index is 2.23. The molecule has 7 nitrogen and oxygen atoms in total. The summed E-state index contributed by atoms with van der Waals surface area (Å²) >= 11 is 0. The van der Waals surface area contributed by atoms with Crippen molar-refractivity contribution in [3.63, 3.8) is 0 Å². The number of carboxylic acids is 1. The lowest BCUT2D eigenvalue weighted by molar-refractivity contribution is -0.117. The molecule has 1 fully saturated rings. The average molecular weight is 265 g/mol. The maximum Gasteiger partial charge on any atom is 0.356 e. The van der Waals surface area contributed by atoms with Crippen molar-refractivity contribution >= 4 is 17.7 Å². The first kappa shape index (κ1) is 13.4. The number of hydrogen-bond donors (Lipinski definition) is 1. The molecule has 102 valence electrons. The molecule has 1 aromatic rings. The van der Waals surface area contributed by atoms with Gasteiger partial charge in [-0.2, -0.15) is 0 Å². The summed E-state index contributed by atoms with van der Waals surface area (Å²) in [5.41, 5.74) is -0.140. The van der Waals surface area contributed by atoms with Gasteiger partial charge in [0, 0.05) is 26.2 Å². The number of anilines is 1. The van der Waals surface area contributed by atoms with Gasteiger partial charge < -0.3 is 9.84 Å². The number of ether oxygens (including phenoxy) is 1. The lowest BCUT2D eigenvalue weighted by Crippen LogP contribution is -2.43. The molecule has 1 amide bonds. The van der Waals surface area contributed by atoms with Crippen LogP contribution < -0.4 is 4.90 Å². The monoisotopic (exact) mass is 265 g/mol. The molecular formula is C12H15N3O4. The zero-order valence-electron chi connectivity index (χ0n) is 10.6. The molecule has 2 rings (SSSR count). The molecule has 19 heavy (non-hydrogen) atoms. The Bertz CT molecular complexity index is 468. The molecule has 0 atom stereocenters. The minimum atomic E-state index is -1.14. The van der Waals surface area contributed by atoms with Gasteiger partial charge in [0.2, 0.25) is 5.91 Å². The van der Waals surface area contributed by atoms with Crippen molar-refractivity contribution in [3.05, 3.63) is 18.1 Å². The molecule has 1 N–H and O–H groups in total. The van der Waals surface area contributed by atoms with Crippen LogP contribution in [0.25, 0.3) is 0 Å². The van der Waals surface area contributed by atoms with Gasteiger partial charge in [0.05, 0.1) is 12.4 Å². The number of carboxylic acid groups (broad SMARTS) is 1. The van der Waals surface area contributed by atoms with Crippen LogP contribution in [-0.2, 0) is 9.53 Å². The molecule has 0 spiro atoms. The van der Waals surface area contributed by atoms with Crippen LogP contribution in [0.3, 0.4) is 0 Å². The third kappa shape index (κ3) is 3.05. The summed E-state index contributed by atoms with van der Waals surface area (Å²) in [5, 5.41) is 8.77. The lowest BCUT2D eigenvalue weighted by Gasteiger charge is -2.32. The number of rotatable bonds is 3. The zero-order valence-corrected chi connectivity index (χ0v) is 10.6. The van der Waals surface area contributed by atoms with E-state index >= 15 is 0 Å². The Morgan fingerprint density at radius 3 is 2.47 bits per heavy atom. The number of carbonyl (C=O) groups excluding carboxylic acids is 1. The highest BCUT2D eigenvalue weighted by atomic mass is 16.5. The van der Waals surface area contributed by atoms with Crippen LogP contribution in [0.2, 0.25) is 0 Å². The molecule has 0 aliphatic carbocycles. The summed E-state index contributed by atoms with van der Waals surface area (Å²) in [6.07, 6.45) is 3.96. The lowest BCUT2D eigenvalue weighted by atomic mass is 10.1. The van der Waals surface area contributed by atoms with Crippen molar-refractivity contribution in [3.8, 4) is 0 Å². The first-order valence-electron chi connectivity index (χ1n) is 6.02. The fourth-order valence-electron chi connectivity index (χ4n) is 2.10. The van der Waals surface area contributed by atoms with Gasteiger partial charge in [-0.3, -0.25) is 9.69 Å². The standard InChI is InChI=1S/C12H15N3O4/c1-8(16)15(9-2-4-19-5-3-9)11-7-13-10(6-14-11)12(17)18/h6-7,9H,2-5H2,1H3,(H,17,18). The summed E-state index contributed by atoms with van der Waals surface area (Å²) < 4.78 is 5.26. The molecule has 7 heteroatoms. The molecular weight excluding hydrogens is 250 g/mol. The Hall–Kier alpha value is -2.02. The number of aromatic nitrogens is 2. The van der Waals surface area contributed by atoms with Crippen LogP contribution in [-0.4, -0.2) is 46.2 Å². The first-order valence-corrected chi connectivity index (χ1v) is 6.02. The fourth-order valence-corrected chi connectivity index (χ4v) is 2.10. The fraction of sp³-hybridized carbons (Fsp3) is 0.500. The SMILES string of the molecule is CC(=O)N(c1cnc(C(=O)O)cn1)C1CCOCC1. The smallest absolute Gasteiger partial charge is 0.356 e. The summed E-state index contributed by atoms with van der Waals surface area (Å²) in [4.78, 5) is 31.8. The molecule has 0 radical (unpaired) electrons. The van der Waals surface area contributed by atoms with Crippen molar-refractivity contribution in [1.29, 1.82) is 0 Å². The van der Waals surface area contributed by atoms with E-state index in [1.54, 1.807) is 4.90 Å². The van der Waals surface area contributed by atoms with E-state index in [0.29, 0.717) is 19.0 Å². The van der Waals surface area contributed by atoms with Crippen LogP contribution in [0.1, 0.15) is 30.3 Å². The highest BCUT2D eigenvalue weighted by Crippen LogP contribution is 2.20. The minimum Gasteiger partial charge on any atom is -0.476 e. The van der Waals surface area contributed by atoms with Crippen molar-refractivity contribution in [2.45, 2.75) is 25.8 Å². The van der Waals surface area contributed by atoms with E-state index in [1.165, 1.54) is 13.1 Å². The highest BCUT2D eigenvalue weighted by Gasteiger charge is 2.26. The number of hydrogen-bond acceptors (Lipinski definition) is 5. The van der Waals surface area contributed by atoms with Gasteiger partial charge in [-0.15, -0.1) is 0 Å². The van der Waals surface area contributed by atoms with Crippen molar-refractivity contribution in [2.75, 3.05) is 18.1 Å². The van der Waals surface area contributed by atoms with Gasteiger partial charge in [-0.1, -0.05) is 0 Å². The van der Waals surface area contributed by atoms with Crippen LogP contribution in [0.5, 0.6) is 0 Å². The zero-order chi connectivity index (χ0) is 13.8. The van der Waals surface area contributed by atoms with Crippen molar-refractivity contribution in [1.82, 2.24) is 9.97 Å². The summed E-state index contributed by atoms with van der Waals surface area (Å²) in [6, 6.07) is 0.0243. The van der Waals surface area contributed by atoms with Gasteiger partial charge in [-0.25, -0.2) is 14.8 Å². The Kier molecular flexibility index (Phi) is 4.06. The van der Waals surface area contributed by atoms with Crippen molar-refractivity contribution < 1.29 is 19.4 Å². The molecule has 0 saturated carbocycles. The van der Waals surface area contributed by atoms with E-state index in [9.17, 15) is 9.59 Å². The second kappa shape index (κ2) is 5.75. The Morgan fingerprint density at radius 2 is 2.00 bits per heavy atom. The van der Waals surface area contributed by atoms with Gasteiger partial charge >= 0.3 is 5.97 Å². The number of nitrogens with zero attached hydrogens (tertiary/aromatic N) is 3. The number of amides is 1. The van der Waals surface area contributed by atoms with E-state index in [0.717, 1.165) is 19.0 Å². The summed E-state index contributed by atoms with van der Waals surface area (Å²) in [6.45, 7) is 2.67. The minimum absolute atomic E-state index is 0.0243. The predicted molar refractivity (Wildman–Crippen MR) is 66.0 cm³/mol. The summed E-state index contributed by atoms with van der Waals surface area (Å²) in [5.74, 6) is -0.895. The quantitative estimate of drug-likeness (QED) is 0.865. The van der Waals surface area contributed by atoms with Crippen LogP contribution in [0, 0.1) is 0 Å². The Labute approximate surface area is 110 Å². The van der Waals surface area contributed by atoms with E-state index in [2.05, 4.69) is 9.97 Å². The van der Waals surface area contributed by atoms with Crippen LogP contribution in [0.15, 0.2) is 12.4 Å². The highest BCUT2D eigenvalue weighted by molar-refractivity contribution is 5.91. The van der Waals surface area contributed by atoms with Crippen molar-refractivity contribution in [2.24, 2.45) is 0 Å². The second-order valence-corrected chi connectivity index (χ2v) is 4.30. The maximum absolute atomic E-state index is 11.8. The van der Waals surface area contributed by atoms with E-state index in [4.69, 9.17) is 9.84 Å². The van der Waals surface area contributed by atoms with E-state index < -0.39 is 5.97 Å². The maximum atomic E-state index is 11.8. The van der Waals surface area contributed by atoms with Crippen LogP contribution >= 0.6 is 0 Å². The molecule has 1 aliphatic heterocycles. The molecule has 0 unspecified atom stereocenters. The number of aromatic carboxylic acids is 1. The first-order chi connectivity index (χ1) is 9.09. The van der Waals surface area contributed by atoms with E-state index in [1.807, 2.05) is 0 Å². The predicted octanol–water partition coefficient (Wildman–Crippen LogP) is 0.707. The molecule has 0 bridgehead atoms. The second-order valence-electron chi connectivity index (χ2n) is 4.30. The third-order valence-corrected chi connectivity index (χ3v) is 3.00. The van der Waals surface area contributed by atoms with Crippen LogP contribution in [0.4, 0.5) is 5.82 Å². The summed E-state index contributed by atoms with van der Waals surface area (Å²) in [7, 11) is 0.